The van der Waals surface area contributed by atoms with Crippen LogP contribution < -0.4 is 4.90 Å². The van der Waals surface area contributed by atoms with E-state index in [0.29, 0.717) is 12.8 Å². The Morgan fingerprint density at radius 3 is 2.76 bits per heavy atom. The standard InChI is InChI=1S/C15H16N2O4/c1-17(10-4-2-3-9-7-8-16-13(9)10)14(18)11-5-6-12(21-11)15(19)20/h2-4,7-8,11-12,16H,5-6H2,1H3,(H,19,20)/t11-,12+/m0/s1. The Hall–Kier alpha value is -2.34. The van der Waals surface area contributed by atoms with Crippen LogP contribution >= 0.6 is 0 Å². The first-order chi connectivity index (χ1) is 10.1. The van der Waals surface area contributed by atoms with Crippen LogP contribution in [0.15, 0.2) is 30.5 Å². The Balaban J connectivity index is 1.82. The van der Waals surface area contributed by atoms with Crippen LogP contribution in [0.2, 0.25) is 0 Å². The minimum atomic E-state index is -1.01. The molecule has 0 saturated carbocycles. The molecule has 1 fully saturated rings. The number of para-hydroxylation sites is 1. The molecule has 0 bridgehead atoms. The Morgan fingerprint density at radius 2 is 2.05 bits per heavy atom. The van der Waals surface area contributed by atoms with Crippen LogP contribution in [0.3, 0.4) is 0 Å². The molecule has 1 saturated heterocycles. The number of nitrogens with zero attached hydrogens (tertiary/aromatic N) is 1. The number of amides is 1. The molecule has 110 valence electrons. The van der Waals surface area contributed by atoms with Crippen molar-refractivity contribution >= 4 is 28.5 Å². The molecule has 1 aliphatic rings. The van der Waals surface area contributed by atoms with Crippen LogP contribution in [0.5, 0.6) is 0 Å². The molecule has 0 aliphatic carbocycles. The highest BCUT2D eigenvalue weighted by molar-refractivity contribution is 6.03. The average Bonchev–Trinajstić information content (AvgIpc) is 3.13. The second-order valence-corrected chi connectivity index (χ2v) is 5.15. The van der Waals surface area contributed by atoms with Gasteiger partial charge in [-0.2, -0.15) is 0 Å². The number of fused-ring (bicyclic) bond motifs is 1. The van der Waals surface area contributed by atoms with Crippen molar-refractivity contribution in [2.45, 2.75) is 25.0 Å². The van der Waals surface area contributed by atoms with Gasteiger partial charge in [0.05, 0.1) is 11.2 Å². The van der Waals surface area contributed by atoms with E-state index < -0.39 is 18.2 Å². The first-order valence-electron chi connectivity index (χ1n) is 6.80. The number of carboxylic acid groups (broad SMARTS) is 1. The Bertz CT molecular complexity index is 694. The number of aliphatic carboxylic acids is 1. The zero-order valence-corrected chi connectivity index (χ0v) is 11.6. The number of aromatic nitrogens is 1. The highest BCUT2D eigenvalue weighted by atomic mass is 16.5. The zero-order chi connectivity index (χ0) is 15.0. The predicted octanol–water partition coefficient (Wildman–Crippen LogP) is 1.76. The molecule has 1 aromatic heterocycles. The number of carbonyl (C=O) groups excluding carboxylic acids is 1. The van der Waals surface area contributed by atoms with Crippen molar-refractivity contribution in [1.82, 2.24) is 4.98 Å². The number of H-pyrrole nitrogens is 1. The van der Waals surface area contributed by atoms with E-state index in [-0.39, 0.29) is 5.91 Å². The van der Waals surface area contributed by atoms with E-state index in [1.807, 2.05) is 30.5 Å². The summed E-state index contributed by atoms with van der Waals surface area (Å²) in [4.78, 5) is 28.0. The molecule has 2 atom stereocenters. The van der Waals surface area contributed by atoms with Gasteiger partial charge in [-0.05, 0) is 25.0 Å². The summed E-state index contributed by atoms with van der Waals surface area (Å²) in [6, 6.07) is 7.62. The van der Waals surface area contributed by atoms with Crippen molar-refractivity contribution in [2.24, 2.45) is 0 Å². The molecule has 0 spiro atoms. The van der Waals surface area contributed by atoms with Crippen LogP contribution in [0, 0.1) is 0 Å². The highest BCUT2D eigenvalue weighted by Crippen LogP contribution is 2.28. The summed E-state index contributed by atoms with van der Waals surface area (Å²) >= 11 is 0. The second-order valence-electron chi connectivity index (χ2n) is 5.15. The molecule has 6 heteroatoms. The van der Waals surface area contributed by atoms with E-state index in [1.54, 1.807) is 7.05 Å². The maximum absolute atomic E-state index is 12.5. The molecule has 0 radical (unpaired) electrons. The summed E-state index contributed by atoms with van der Waals surface area (Å²) in [7, 11) is 1.68. The van der Waals surface area contributed by atoms with Crippen molar-refractivity contribution in [3.05, 3.63) is 30.5 Å². The molecule has 2 aromatic rings. The lowest BCUT2D eigenvalue weighted by Gasteiger charge is -2.21. The van der Waals surface area contributed by atoms with Crippen LogP contribution in [-0.4, -0.2) is 41.2 Å². The van der Waals surface area contributed by atoms with E-state index in [0.717, 1.165) is 16.6 Å². The second kappa shape index (κ2) is 5.21. The van der Waals surface area contributed by atoms with Gasteiger partial charge in [-0.15, -0.1) is 0 Å². The predicted molar refractivity (Wildman–Crippen MR) is 77.2 cm³/mol. The van der Waals surface area contributed by atoms with Gasteiger partial charge in [0.1, 0.15) is 6.10 Å². The van der Waals surface area contributed by atoms with E-state index in [2.05, 4.69) is 4.98 Å². The number of carboxylic acids is 1. The fourth-order valence-corrected chi connectivity index (χ4v) is 2.68. The number of hydrogen-bond donors (Lipinski definition) is 2. The number of anilines is 1. The van der Waals surface area contributed by atoms with Crippen LogP contribution in [0.4, 0.5) is 5.69 Å². The summed E-state index contributed by atoms with van der Waals surface area (Å²) in [5, 5.41) is 9.94. The molecule has 21 heavy (non-hydrogen) atoms. The number of likely N-dealkylation sites (N-methyl/N-ethyl adjacent to an activating group) is 1. The Labute approximate surface area is 121 Å². The van der Waals surface area contributed by atoms with Crippen LogP contribution in [-0.2, 0) is 14.3 Å². The van der Waals surface area contributed by atoms with Gasteiger partial charge in [-0.3, -0.25) is 4.79 Å². The monoisotopic (exact) mass is 288 g/mol. The fourth-order valence-electron chi connectivity index (χ4n) is 2.68. The normalized spacial score (nSPS) is 21.6. The third-order valence-electron chi connectivity index (χ3n) is 3.83. The third kappa shape index (κ3) is 2.38. The average molecular weight is 288 g/mol. The van der Waals surface area contributed by atoms with Crippen molar-refractivity contribution in [3.8, 4) is 0 Å². The lowest BCUT2D eigenvalue weighted by Crippen LogP contribution is -2.37. The van der Waals surface area contributed by atoms with Gasteiger partial charge in [-0.25, -0.2) is 4.79 Å². The maximum Gasteiger partial charge on any atom is 0.332 e. The number of ether oxygens (including phenoxy) is 1. The molecule has 2 N–H and O–H groups in total. The Kier molecular flexibility index (Phi) is 3.39. The number of hydrogen-bond acceptors (Lipinski definition) is 3. The molecule has 1 amide bonds. The summed E-state index contributed by atoms with van der Waals surface area (Å²) in [5.74, 6) is -1.24. The molecule has 6 nitrogen and oxygen atoms in total. The zero-order valence-electron chi connectivity index (χ0n) is 11.6. The third-order valence-corrected chi connectivity index (χ3v) is 3.83. The molecule has 2 heterocycles. The number of benzene rings is 1. The molecule has 1 aromatic carbocycles. The molecular formula is C15H16N2O4. The number of carbonyl (C=O) groups is 2. The van der Waals surface area contributed by atoms with Gasteiger partial charge in [0, 0.05) is 18.6 Å². The summed E-state index contributed by atoms with van der Waals surface area (Å²) in [5.41, 5.74) is 1.63. The number of nitrogens with one attached hydrogen (secondary N) is 1. The largest absolute Gasteiger partial charge is 0.479 e. The first kappa shape index (κ1) is 13.6. The summed E-state index contributed by atoms with van der Waals surface area (Å²) < 4.78 is 5.32. The molecule has 1 aliphatic heterocycles. The van der Waals surface area contributed by atoms with Crippen LogP contribution in [0.1, 0.15) is 12.8 Å². The van der Waals surface area contributed by atoms with Crippen molar-refractivity contribution in [3.63, 3.8) is 0 Å². The highest BCUT2D eigenvalue weighted by Gasteiger charge is 2.36. The van der Waals surface area contributed by atoms with Crippen molar-refractivity contribution in [1.29, 1.82) is 0 Å². The minimum absolute atomic E-state index is 0.221. The number of aromatic amines is 1. The van der Waals surface area contributed by atoms with E-state index in [1.165, 1.54) is 4.90 Å². The van der Waals surface area contributed by atoms with E-state index >= 15 is 0 Å². The smallest absolute Gasteiger partial charge is 0.332 e. The SMILES string of the molecule is CN(C(=O)[C@@H]1CC[C@H](C(=O)O)O1)c1cccc2cc[nH]c12. The topological polar surface area (TPSA) is 82.6 Å². The van der Waals surface area contributed by atoms with Gasteiger partial charge >= 0.3 is 5.97 Å². The van der Waals surface area contributed by atoms with E-state index in [4.69, 9.17) is 9.84 Å². The summed E-state index contributed by atoms with van der Waals surface area (Å²) in [6.45, 7) is 0. The molecular weight excluding hydrogens is 272 g/mol. The molecule has 0 unspecified atom stereocenters. The lowest BCUT2D eigenvalue weighted by atomic mass is 10.1. The van der Waals surface area contributed by atoms with Crippen molar-refractivity contribution < 1.29 is 19.4 Å². The lowest BCUT2D eigenvalue weighted by molar-refractivity contribution is -0.151. The van der Waals surface area contributed by atoms with E-state index in [9.17, 15) is 9.59 Å². The van der Waals surface area contributed by atoms with Gasteiger partial charge in [-0.1, -0.05) is 12.1 Å². The number of rotatable bonds is 3. The van der Waals surface area contributed by atoms with Crippen molar-refractivity contribution in [2.75, 3.05) is 11.9 Å². The Morgan fingerprint density at radius 1 is 1.29 bits per heavy atom. The van der Waals surface area contributed by atoms with Gasteiger partial charge in [0.2, 0.25) is 0 Å². The maximum atomic E-state index is 12.5. The van der Waals surface area contributed by atoms with Gasteiger partial charge < -0.3 is 19.7 Å². The summed E-state index contributed by atoms with van der Waals surface area (Å²) in [6.07, 6.45) is 1.04. The quantitative estimate of drug-likeness (QED) is 0.901. The molecule has 3 rings (SSSR count). The first-order valence-corrected chi connectivity index (χ1v) is 6.80. The minimum Gasteiger partial charge on any atom is -0.479 e. The van der Waals surface area contributed by atoms with Gasteiger partial charge in [0.15, 0.2) is 6.10 Å². The van der Waals surface area contributed by atoms with Crippen LogP contribution in [0.25, 0.3) is 10.9 Å². The fraction of sp³-hybridized carbons (Fsp3) is 0.333. The van der Waals surface area contributed by atoms with Gasteiger partial charge in [0.25, 0.3) is 5.91 Å².